The molecule has 0 spiro atoms. The highest BCUT2D eigenvalue weighted by atomic mass is 32.2. The molecule has 9 heteroatoms. The van der Waals surface area contributed by atoms with Crippen molar-refractivity contribution < 1.29 is 27.3 Å². The van der Waals surface area contributed by atoms with Gasteiger partial charge in [0.05, 0.1) is 12.0 Å². The average molecular weight is 485 g/mol. The summed E-state index contributed by atoms with van der Waals surface area (Å²) < 4.78 is 64.5. The van der Waals surface area contributed by atoms with Gasteiger partial charge in [0.1, 0.15) is 10.7 Å². The number of carbonyl (C=O) groups is 1. The molecule has 3 N–H and O–H groups in total. The van der Waals surface area contributed by atoms with E-state index in [1.807, 2.05) is 27.7 Å². The molecule has 0 saturated carbocycles. The lowest BCUT2D eigenvalue weighted by atomic mass is 9.85. The van der Waals surface area contributed by atoms with E-state index in [2.05, 4.69) is 4.72 Å². The molecule has 1 amide bonds. The summed E-state index contributed by atoms with van der Waals surface area (Å²) in [5.41, 5.74) is 0.441. The molecule has 0 fully saturated rings. The molecular formula is C24H31F3N2O3S. The predicted molar refractivity (Wildman–Crippen MR) is 122 cm³/mol. The lowest BCUT2D eigenvalue weighted by molar-refractivity contribution is -0.118. The van der Waals surface area contributed by atoms with Crippen LogP contribution in [-0.4, -0.2) is 15.2 Å². The number of carbonyl (C=O) groups excluding carboxylic acids is 1. The minimum atomic E-state index is -4.04. The molecule has 182 valence electrons. The van der Waals surface area contributed by atoms with E-state index in [4.69, 9.17) is 4.78 Å². The highest BCUT2D eigenvalue weighted by molar-refractivity contribution is 7.91. The monoisotopic (exact) mass is 484 g/mol. The predicted octanol–water partition coefficient (Wildman–Crippen LogP) is 5.92. The summed E-state index contributed by atoms with van der Waals surface area (Å²) in [6.07, 6.45) is -2.95. The minimum Gasteiger partial charge on any atom is -0.386 e. The van der Waals surface area contributed by atoms with Crippen LogP contribution in [0.1, 0.15) is 87.6 Å². The van der Waals surface area contributed by atoms with Crippen molar-refractivity contribution in [1.29, 1.82) is 4.78 Å². The Morgan fingerprint density at radius 3 is 2.00 bits per heavy atom. The van der Waals surface area contributed by atoms with Crippen LogP contribution in [0.25, 0.3) is 0 Å². The van der Waals surface area contributed by atoms with Crippen LogP contribution in [0.5, 0.6) is 0 Å². The van der Waals surface area contributed by atoms with Crippen LogP contribution >= 0.6 is 0 Å². The maximum Gasteiger partial charge on any atom is 0.263 e. The van der Waals surface area contributed by atoms with Crippen LogP contribution < -0.4 is 4.72 Å². The quantitative estimate of drug-likeness (QED) is 0.435. The lowest BCUT2D eigenvalue weighted by Gasteiger charge is -2.22. The second-order valence-electron chi connectivity index (χ2n) is 9.25. The molecule has 33 heavy (non-hydrogen) atoms. The van der Waals surface area contributed by atoms with Crippen LogP contribution in [0, 0.1) is 10.6 Å². The zero-order chi connectivity index (χ0) is 25.3. The van der Waals surface area contributed by atoms with Gasteiger partial charge in [-0.05, 0) is 72.2 Å². The van der Waals surface area contributed by atoms with Gasteiger partial charge in [-0.3, -0.25) is 9.52 Å². The fraction of sp³-hybridized carbons (Fsp3) is 0.458. The first kappa shape index (κ1) is 26.9. The Morgan fingerprint density at radius 1 is 1.09 bits per heavy atom. The largest absolute Gasteiger partial charge is 0.386 e. The van der Waals surface area contributed by atoms with Crippen LogP contribution in [0.15, 0.2) is 35.2 Å². The zero-order valence-corrected chi connectivity index (χ0v) is 20.4. The van der Waals surface area contributed by atoms with Gasteiger partial charge in [0.25, 0.3) is 6.43 Å². The lowest BCUT2D eigenvalue weighted by Crippen LogP contribution is -2.32. The number of halogens is 3. The number of amides is 1. The van der Waals surface area contributed by atoms with E-state index >= 15 is 0 Å². The van der Waals surface area contributed by atoms with E-state index in [1.54, 1.807) is 0 Å². The molecule has 0 bridgehead atoms. The molecule has 0 aliphatic heterocycles. The summed E-state index contributed by atoms with van der Waals surface area (Å²) >= 11 is 0. The van der Waals surface area contributed by atoms with Gasteiger partial charge in [-0.2, -0.15) is 0 Å². The number of hydrogen-bond acceptors (Lipinski definition) is 4. The number of aliphatic hydroxyl groups is 1. The zero-order valence-electron chi connectivity index (χ0n) is 19.6. The molecule has 0 aliphatic carbocycles. The second-order valence-corrected chi connectivity index (χ2v) is 11.0. The van der Waals surface area contributed by atoms with Gasteiger partial charge in [-0.15, -0.1) is 0 Å². The molecule has 0 aromatic heterocycles. The Balaban J connectivity index is 2.41. The Labute approximate surface area is 193 Å². The normalized spacial score (nSPS) is 14.1. The van der Waals surface area contributed by atoms with Crippen molar-refractivity contribution in [2.75, 3.05) is 0 Å². The number of nitrogens with one attached hydrogen (secondary N) is 2. The summed E-state index contributed by atoms with van der Waals surface area (Å²) in [5, 5.41) is 10.0. The highest BCUT2D eigenvalue weighted by Crippen LogP contribution is 2.33. The van der Waals surface area contributed by atoms with Gasteiger partial charge in [-0.25, -0.2) is 22.2 Å². The maximum atomic E-state index is 14.6. The van der Waals surface area contributed by atoms with E-state index in [0.717, 1.165) is 12.1 Å². The smallest absolute Gasteiger partial charge is 0.263 e. The molecule has 1 atom stereocenters. The number of rotatable bonds is 8. The van der Waals surface area contributed by atoms with E-state index < -0.39 is 38.6 Å². The fourth-order valence-corrected chi connectivity index (χ4v) is 4.72. The van der Waals surface area contributed by atoms with E-state index in [0.29, 0.717) is 16.7 Å². The molecule has 0 radical (unpaired) electrons. The van der Waals surface area contributed by atoms with Crippen molar-refractivity contribution in [1.82, 2.24) is 4.72 Å². The van der Waals surface area contributed by atoms with E-state index in [9.17, 15) is 27.3 Å². The van der Waals surface area contributed by atoms with Crippen molar-refractivity contribution in [3.63, 3.8) is 0 Å². The van der Waals surface area contributed by atoms with Gasteiger partial charge in [0, 0.05) is 5.56 Å². The topological polar surface area (TPSA) is 90.3 Å². The third kappa shape index (κ3) is 6.35. The maximum absolute atomic E-state index is 14.6. The van der Waals surface area contributed by atoms with Crippen LogP contribution in [0.3, 0.4) is 0 Å². The Morgan fingerprint density at radius 2 is 1.61 bits per heavy atom. The number of hydrogen-bond donors (Lipinski definition) is 3. The van der Waals surface area contributed by atoms with Crippen molar-refractivity contribution in [3.8, 4) is 0 Å². The molecular weight excluding hydrogens is 453 g/mol. The summed E-state index contributed by atoms with van der Waals surface area (Å²) in [6, 6.07) is 6.17. The van der Waals surface area contributed by atoms with Gasteiger partial charge >= 0.3 is 0 Å². The average Bonchev–Trinajstić information content (AvgIpc) is 2.65. The van der Waals surface area contributed by atoms with Gasteiger partial charge < -0.3 is 5.11 Å². The molecule has 2 rings (SSSR count). The first-order chi connectivity index (χ1) is 15.0. The van der Waals surface area contributed by atoms with Crippen LogP contribution in [0.2, 0.25) is 0 Å². The van der Waals surface area contributed by atoms with Gasteiger partial charge in [-0.1, -0.05) is 33.8 Å². The summed E-state index contributed by atoms with van der Waals surface area (Å²) in [4.78, 5) is 12.3. The third-order valence-electron chi connectivity index (χ3n) is 5.38. The molecule has 2 aromatic carbocycles. The fourth-order valence-electron chi connectivity index (χ4n) is 3.63. The first-order valence-electron chi connectivity index (χ1n) is 10.6. The third-order valence-corrected chi connectivity index (χ3v) is 6.85. The molecule has 0 aliphatic rings. The van der Waals surface area contributed by atoms with Crippen LogP contribution in [-0.2, 0) is 26.7 Å². The summed E-state index contributed by atoms with van der Waals surface area (Å²) in [7, 11) is -4.04. The van der Waals surface area contributed by atoms with E-state index in [-0.39, 0.29) is 29.4 Å². The standard InChI is InChI=1S/C24H31F3N2O3S/c1-13(2)17-9-15(23(26)27)10-18(14(3)4)19(17)12-22(30)29-33(28,32)21-8-7-16(11-20(21)25)24(5,6)31/h7-11,13-14,23,31H,12H2,1-6H3,(H2,28,29,30,32). The number of benzene rings is 2. The summed E-state index contributed by atoms with van der Waals surface area (Å²) in [5.74, 6) is -2.08. The SMILES string of the molecule is CC(C)c1cc(C(F)F)cc(C(C)C)c1CC(=O)NS(=N)(=O)c1ccc(C(C)(C)O)cc1F. The molecule has 0 heterocycles. The molecule has 1 unspecified atom stereocenters. The summed E-state index contributed by atoms with van der Waals surface area (Å²) in [6.45, 7) is 10.2. The molecule has 0 saturated heterocycles. The van der Waals surface area contributed by atoms with Crippen LogP contribution in [0.4, 0.5) is 13.2 Å². The Hall–Kier alpha value is -2.39. The molecule has 5 nitrogen and oxygen atoms in total. The minimum absolute atomic E-state index is 0.134. The number of alkyl halides is 2. The van der Waals surface area contributed by atoms with Crippen molar-refractivity contribution in [3.05, 3.63) is 64.0 Å². The Bertz CT molecular complexity index is 1110. The second kappa shape index (κ2) is 9.85. The van der Waals surface area contributed by atoms with Crippen molar-refractivity contribution in [2.24, 2.45) is 0 Å². The van der Waals surface area contributed by atoms with E-state index in [1.165, 1.54) is 32.0 Å². The van der Waals surface area contributed by atoms with Gasteiger partial charge in [0.15, 0.2) is 9.92 Å². The van der Waals surface area contributed by atoms with Gasteiger partial charge in [0.2, 0.25) is 5.91 Å². The Kier molecular flexibility index (Phi) is 8.02. The first-order valence-corrected chi connectivity index (χ1v) is 12.2. The van der Waals surface area contributed by atoms with Crippen molar-refractivity contribution >= 4 is 15.8 Å². The molecule has 2 aromatic rings. The van der Waals surface area contributed by atoms with Crippen molar-refractivity contribution in [2.45, 2.75) is 76.7 Å². The highest BCUT2D eigenvalue weighted by Gasteiger charge is 2.25.